The molecule has 0 radical (unpaired) electrons. The number of carbonyl (C=O) groups excluding carboxylic acids is 2. The van der Waals surface area contributed by atoms with Gasteiger partial charge in [-0.05, 0) is 12.3 Å². The maximum atomic E-state index is 11.9. The predicted octanol–water partition coefficient (Wildman–Crippen LogP) is 0.394. The van der Waals surface area contributed by atoms with Crippen molar-refractivity contribution in [2.45, 2.75) is 38.8 Å². The van der Waals surface area contributed by atoms with E-state index in [0.717, 1.165) is 0 Å². The lowest BCUT2D eigenvalue weighted by atomic mass is 9.99. The van der Waals surface area contributed by atoms with Crippen molar-refractivity contribution in [3.05, 3.63) is 0 Å². The minimum absolute atomic E-state index is 0.0964. The Morgan fingerprint density at radius 3 is 2.65 bits per heavy atom. The fourth-order valence-electron chi connectivity index (χ4n) is 1.94. The highest BCUT2D eigenvalue weighted by Crippen LogP contribution is 2.14. The molecule has 1 heterocycles. The second-order valence-electron chi connectivity index (χ2n) is 4.85. The van der Waals surface area contributed by atoms with E-state index in [9.17, 15) is 9.59 Å². The Morgan fingerprint density at radius 2 is 2.12 bits per heavy atom. The Kier molecular flexibility index (Phi) is 5.08. The summed E-state index contributed by atoms with van der Waals surface area (Å²) in [5.74, 6) is 0.148. The number of nitrogens with one attached hydrogen (secondary N) is 1. The predicted molar refractivity (Wildman–Crippen MR) is 64.4 cm³/mol. The molecule has 98 valence electrons. The van der Waals surface area contributed by atoms with Crippen LogP contribution in [0.15, 0.2) is 0 Å². The number of amides is 2. The summed E-state index contributed by atoms with van der Waals surface area (Å²) in [6.45, 7) is 4.73. The van der Waals surface area contributed by atoms with Crippen LogP contribution in [0.1, 0.15) is 26.7 Å². The molecule has 1 saturated heterocycles. The summed E-state index contributed by atoms with van der Waals surface area (Å²) in [5, 5.41) is 3.29. The lowest BCUT2D eigenvalue weighted by molar-refractivity contribution is -0.148. The number of carbonyl (C=O) groups is 2. The van der Waals surface area contributed by atoms with E-state index in [2.05, 4.69) is 19.2 Å². The Bertz CT molecular complexity index is 291. The number of imide groups is 1. The first kappa shape index (κ1) is 14.1. The fraction of sp³-hybridized carbons (Fsp3) is 0.833. The molecule has 0 aliphatic carbocycles. The van der Waals surface area contributed by atoms with Crippen molar-refractivity contribution in [3.63, 3.8) is 0 Å². The summed E-state index contributed by atoms with van der Waals surface area (Å²) in [5.41, 5.74) is 0. The number of ether oxygens (including phenoxy) is 1. The summed E-state index contributed by atoms with van der Waals surface area (Å²) in [7, 11) is 3.19. The van der Waals surface area contributed by atoms with Crippen LogP contribution >= 0.6 is 0 Å². The van der Waals surface area contributed by atoms with Crippen LogP contribution in [0.2, 0.25) is 0 Å². The molecule has 1 fully saturated rings. The lowest BCUT2D eigenvalue weighted by Crippen LogP contribution is -2.55. The summed E-state index contributed by atoms with van der Waals surface area (Å²) in [4.78, 5) is 24.5. The molecule has 17 heavy (non-hydrogen) atoms. The quantitative estimate of drug-likeness (QED) is 0.709. The van der Waals surface area contributed by atoms with Crippen molar-refractivity contribution in [2.75, 3.05) is 20.8 Å². The number of piperidine rings is 1. The molecule has 0 aromatic heterocycles. The van der Waals surface area contributed by atoms with Crippen LogP contribution in [0.5, 0.6) is 0 Å². The van der Waals surface area contributed by atoms with Gasteiger partial charge in [-0.2, -0.15) is 0 Å². The summed E-state index contributed by atoms with van der Waals surface area (Å²) >= 11 is 0. The highest BCUT2D eigenvalue weighted by molar-refractivity contribution is 6.00. The molecular weight excluding hydrogens is 220 g/mol. The molecule has 0 aromatic rings. The molecule has 1 N–H and O–H groups in total. The Labute approximate surface area is 102 Å². The van der Waals surface area contributed by atoms with Crippen molar-refractivity contribution in [3.8, 4) is 0 Å². The maximum absolute atomic E-state index is 11.9. The molecule has 0 aromatic carbocycles. The van der Waals surface area contributed by atoms with Crippen LogP contribution in [0.25, 0.3) is 0 Å². The number of likely N-dealkylation sites (tertiary alicyclic amines) is 1. The van der Waals surface area contributed by atoms with Gasteiger partial charge in [0.2, 0.25) is 11.8 Å². The zero-order valence-corrected chi connectivity index (χ0v) is 11.0. The molecule has 2 amide bonds. The SMILES string of the molecule is COCC(NC1CCC(=O)N(C)C1=O)C(C)C. The molecule has 2 unspecified atom stereocenters. The summed E-state index contributed by atoms with van der Waals surface area (Å²) in [6, 6.07) is -0.129. The summed E-state index contributed by atoms with van der Waals surface area (Å²) in [6.07, 6.45) is 1.01. The maximum Gasteiger partial charge on any atom is 0.246 e. The Morgan fingerprint density at radius 1 is 1.47 bits per heavy atom. The summed E-state index contributed by atoms with van der Waals surface area (Å²) < 4.78 is 5.14. The monoisotopic (exact) mass is 242 g/mol. The van der Waals surface area contributed by atoms with Crippen LogP contribution in [0.4, 0.5) is 0 Å². The van der Waals surface area contributed by atoms with Crippen molar-refractivity contribution >= 4 is 11.8 Å². The zero-order chi connectivity index (χ0) is 13.0. The second kappa shape index (κ2) is 6.12. The van der Waals surface area contributed by atoms with E-state index in [1.165, 1.54) is 4.90 Å². The number of methoxy groups -OCH3 is 1. The molecule has 5 nitrogen and oxygen atoms in total. The van der Waals surface area contributed by atoms with Crippen LogP contribution in [-0.4, -0.2) is 49.6 Å². The van der Waals surface area contributed by atoms with E-state index < -0.39 is 0 Å². The Balaban J connectivity index is 2.61. The van der Waals surface area contributed by atoms with Crippen molar-refractivity contribution < 1.29 is 14.3 Å². The molecule has 0 spiro atoms. The smallest absolute Gasteiger partial charge is 0.246 e. The second-order valence-corrected chi connectivity index (χ2v) is 4.85. The molecule has 1 aliphatic heterocycles. The minimum atomic E-state index is -0.264. The van der Waals surface area contributed by atoms with E-state index >= 15 is 0 Å². The average Bonchev–Trinajstić information content (AvgIpc) is 2.28. The molecule has 0 bridgehead atoms. The number of hydrogen-bond donors (Lipinski definition) is 1. The van der Waals surface area contributed by atoms with Crippen molar-refractivity contribution in [1.29, 1.82) is 0 Å². The van der Waals surface area contributed by atoms with Gasteiger partial charge in [-0.25, -0.2) is 0 Å². The largest absolute Gasteiger partial charge is 0.383 e. The van der Waals surface area contributed by atoms with Gasteiger partial charge in [0.15, 0.2) is 0 Å². The van der Waals surface area contributed by atoms with E-state index in [1.54, 1.807) is 14.2 Å². The Hall–Kier alpha value is -0.940. The van der Waals surface area contributed by atoms with Gasteiger partial charge in [-0.1, -0.05) is 13.8 Å². The third-order valence-corrected chi connectivity index (χ3v) is 3.22. The zero-order valence-electron chi connectivity index (χ0n) is 11.0. The number of rotatable bonds is 5. The molecule has 1 aliphatic rings. The van der Waals surface area contributed by atoms with Gasteiger partial charge in [0, 0.05) is 26.6 Å². The fourth-order valence-corrected chi connectivity index (χ4v) is 1.94. The van der Waals surface area contributed by atoms with Gasteiger partial charge in [-0.15, -0.1) is 0 Å². The molecular formula is C12H22N2O3. The average molecular weight is 242 g/mol. The molecule has 2 atom stereocenters. The van der Waals surface area contributed by atoms with E-state index in [-0.39, 0.29) is 23.9 Å². The third-order valence-electron chi connectivity index (χ3n) is 3.22. The van der Waals surface area contributed by atoms with Crippen LogP contribution in [-0.2, 0) is 14.3 Å². The van der Waals surface area contributed by atoms with Gasteiger partial charge in [0.25, 0.3) is 0 Å². The first-order chi connectivity index (χ1) is 7.97. The van der Waals surface area contributed by atoms with E-state index in [1.807, 2.05) is 0 Å². The van der Waals surface area contributed by atoms with Crippen LogP contribution in [0, 0.1) is 5.92 Å². The van der Waals surface area contributed by atoms with Gasteiger partial charge >= 0.3 is 0 Å². The van der Waals surface area contributed by atoms with Gasteiger partial charge in [0.1, 0.15) is 0 Å². The third kappa shape index (κ3) is 3.51. The highest BCUT2D eigenvalue weighted by Gasteiger charge is 2.33. The highest BCUT2D eigenvalue weighted by atomic mass is 16.5. The van der Waals surface area contributed by atoms with Gasteiger partial charge < -0.3 is 10.1 Å². The standard InChI is InChI=1S/C12H22N2O3/c1-8(2)10(7-17-4)13-9-5-6-11(15)14(3)12(9)16/h8-10,13H,5-7H2,1-4H3. The van der Waals surface area contributed by atoms with Crippen molar-refractivity contribution in [2.24, 2.45) is 5.92 Å². The lowest BCUT2D eigenvalue weighted by Gasteiger charge is -2.32. The minimum Gasteiger partial charge on any atom is -0.383 e. The number of likely N-dealkylation sites (N-methyl/N-ethyl adjacent to an activating group) is 1. The molecule has 0 saturated carbocycles. The first-order valence-electron chi connectivity index (χ1n) is 6.02. The topological polar surface area (TPSA) is 58.6 Å². The van der Waals surface area contributed by atoms with Crippen molar-refractivity contribution in [1.82, 2.24) is 10.2 Å². The van der Waals surface area contributed by atoms with Crippen LogP contribution < -0.4 is 5.32 Å². The first-order valence-corrected chi connectivity index (χ1v) is 6.02. The normalized spacial score (nSPS) is 23.4. The van der Waals surface area contributed by atoms with Gasteiger partial charge in [-0.3, -0.25) is 14.5 Å². The van der Waals surface area contributed by atoms with E-state index in [4.69, 9.17) is 4.74 Å². The number of nitrogens with zero attached hydrogens (tertiary/aromatic N) is 1. The molecule has 5 heteroatoms. The number of hydrogen-bond acceptors (Lipinski definition) is 4. The van der Waals surface area contributed by atoms with Gasteiger partial charge in [0.05, 0.1) is 12.6 Å². The van der Waals surface area contributed by atoms with Crippen LogP contribution in [0.3, 0.4) is 0 Å². The molecule has 1 rings (SSSR count). The van der Waals surface area contributed by atoms with E-state index in [0.29, 0.717) is 25.4 Å².